The molecule has 186 valence electrons. The number of fused-ring (bicyclic) bond motifs is 1. The zero-order valence-corrected chi connectivity index (χ0v) is 21.1. The SMILES string of the molecule is O=C(Nc1ccc2ncccc2c1)C1C/C(=N\OCc2ccc(Cl)c(Cl)c2)CN1C(=O)c1ccccc1. The predicted octanol–water partition coefficient (Wildman–Crippen LogP) is 5.97. The maximum Gasteiger partial charge on any atom is 0.254 e. The van der Waals surface area contributed by atoms with Crippen LogP contribution >= 0.6 is 23.2 Å². The summed E-state index contributed by atoms with van der Waals surface area (Å²) in [5.41, 5.74) is 3.34. The van der Waals surface area contributed by atoms with Crippen LogP contribution < -0.4 is 5.32 Å². The summed E-state index contributed by atoms with van der Waals surface area (Å²) < 4.78 is 0. The highest BCUT2D eigenvalue weighted by Gasteiger charge is 2.38. The second-order valence-corrected chi connectivity index (χ2v) is 9.41. The van der Waals surface area contributed by atoms with E-state index in [1.165, 1.54) is 4.90 Å². The van der Waals surface area contributed by atoms with Crippen molar-refractivity contribution in [3.63, 3.8) is 0 Å². The van der Waals surface area contributed by atoms with Crippen molar-refractivity contribution >= 4 is 57.3 Å². The van der Waals surface area contributed by atoms with Gasteiger partial charge in [0.25, 0.3) is 5.91 Å². The van der Waals surface area contributed by atoms with E-state index >= 15 is 0 Å². The summed E-state index contributed by atoms with van der Waals surface area (Å²) in [6.45, 7) is 0.351. The van der Waals surface area contributed by atoms with Gasteiger partial charge in [0.05, 0.1) is 27.8 Å². The molecule has 1 aromatic heterocycles. The van der Waals surface area contributed by atoms with Gasteiger partial charge in [0.1, 0.15) is 12.6 Å². The van der Waals surface area contributed by atoms with Gasteiger partial charge in [-0.25, -0.2) is 0 Å². The molecule has 2 heterocycles. The molecule has 1 fully saturated rings. The number of amides is 2. The van der Waals surface area contributed by atoms with E-state index in [0.717, 1.165) is 16.5 Å². The Hall–Kier alpha value is -3.94. The van der Waals surface area contributed by atoms with Crippen LogP contribution in [0.15, 0.2) is 90.2 Å². The minimum Gasteiger partial charge on any atom is -0.391 e. The summed E-state index contributed by atoms with van der Waals surface area (Å²) in [5, 5.41) is 8.97. The predicted molar refractivity (Wildman–Crippen MR) is 145 cm³/mol. The van der Waals surface area contributed by atoms with Gasteiger partial charge in [0, 0.05) is 29.3 Å². The molecule has 1 N–H and O–H groups in total. The lowest BCUT2D eigenvalue weighted by Crippen LogP contribution is -2.43. The largest absolute Gasteiger partial charge is 0.391 e. The van der Waals surface area contributed by atoms with Crippen molar-refractivity contribution in [1.82, 2.24) is 9.88 Å². The number of anilines is 1. The fraction of sp³-hybridized carbons (Fsp3) is 0.143. The Labute approximate surface area is 223 Å². The minimum absolute atomic E-state index is 0.175. The van der Waals surface area contributed by atoms with E-state index in [-0.39, 0.29) is 31.4 Å². The van der Waals surface area contributed by atoms with Crippen molar-refractivity contribution in [3.05, 3.63) is 106 Å². The van der Waals surface area contributed by atoms with Crippen molar-refractivity contribution in [3.8, 4) is 0 Å². The molecule has 0 bridgehead atoms. The van der Waals surface area contributed by atoms with E-state index in [1.807, 2.05) is 30.3 Å². The van der Waals surface area contributed by atoms with E-state index in [9.17, 15) is 9.59 Å². The second-order valence-electron chi connectivity index (χ2n) is 8.60. The van der Waals surface area contributed by atoms with Gasteiger partial charge in [0.15, 0.2) is 0 Å². The molecule has 1 saturated heterocycles. The molecule has 5 rings (SSSR count). The first-order valence-corrected chi connectivity index (χ1v) is 12.4. The van der Waals surface area contributed by atoms with Gasteiger partial charge in [-0.3, -0.25) is 14.6 Å². The number of likely N-dealkylation sites (tertiary alicyclic amines) is 1. The van der Waals surface area contributed by atoms with Gasteiger partial charge in [-0.15, -0.1) is 0 Å². The number of nitrogens with zero attached hydrogens (tertiary/aromatic N) is 3. The Morgan fingerprint density at radius 3 is 2.65 bits per heavy atom. The molecule has 1 aliphatic rings. The monoisotopic (exact) mass is 532 g/mol. The number of carbonyl (C=O) groups excluding carboxylic acids is 2. The summed E-state index contributed by atoms with van der Waals surface area (Å²) in [4.78, 5) is 38.0. The Bertz CT molecular complexity index is 1490. The van der Waals surface area contributed by atoms with Crippen LogP contribution in [0.1, 0.15) is 22.3 Å². The first kappa shape index (κ1) is 24.7. The number of hydrogen-bond donors (Lipinski definition) is 1. The second kappa shape index (κ2) is 11.0. The average Bonchev–Trinajstić information content (AvgIpc) is 3.35. The van der Waals surface area contributed by atoms with Gasteiger partial charge in [-0.1, -0.05) is 58.7 Å². The van der Waals surface area contributed by atoms with Crippen LogP contribution in [0.4, 0.5) is 5.69 Å². The summed E-state index contributed by atoms with van der Waals surface area (Å²) in [7, 11) is 0. The summed E-state index contributed by atoms with van der Waals surface area (Å²) in [6.07, 6.45) is 1.97. The van der Waals surface area contributed by atoms with Crippen LogP contribution in [-0.4, -0.2) is 40.0 Å². The molecule has 4 aromatic rings. The molecule has 0 saturated carbocycles. The molecule has 37 heavy (non-hydrogen) atoms. The van der Waals surface area contributed by atoms with Crippen LogP contribution in [0.5, 0.6) is 0 Å². The van der Waals surface area contributed by atoms with Crippen LogP contribution in [0.3, 0.4) is 0 Å². The number of oxime groups is 1. The number of pyridine rings is 1. The lowest BCUT2D eigenvalue weighted by atomic mass is 10.1. The number of hydrogen-bond acceptors (Lipinski definition) is 5. The summed E-state index contributed by atoms with van der Waals surface area (Å²) in [6, 6.07) is 22.6. The first-order valence-electron chi connectivity index (χ1n) is 11.6. The zero-order valence-electron chi connectivity index (χ0n) is 19.6. The topological polar surface area (TPSA) is 83.9 Å². The van der Waals surface area contributed by atoms with E-state index in [1.54, 1.807) is 54.7 Å². The Balaban J connectivity index is 1.34. The van der Waals surface area contributed by atoms with Gasteiger partial charge in [0.2, 0.25) is 5.91 Å². The Kier molecular flexibility index (Phi) is 7.35. The highest BCUT2D eigenvalue weighted by molar-refractivity contribution is 6.42. The van der Waals surface area contributed by atoms with E-state index in [4.69, 9.17) is 28.0 Å². The molecule has 1 unspecified atom stereocenters. The third kappa shape index (κ3) is 5.74. The van der Waals surface area contributed by atoms with Crippen molar-refractivity contribution < 1.29 is 14.4 Å². The van der Waals surface area contributed by atoms with Crippen LogP contribution in [0.2, 0.25) is 10.0 Å². The van der Waals surface area contributed by atoms with Crippen molar-refractivity contribution in [1.29, 1.82) is 0 Å². The van der Waals surface area contributed by atoms with Crippen LogP contribution in [0, 0.1) is 0 Å². The average molecular weight is 533 g/mol. The fourth-order valence-electron chi connectivity index (χ4n) is 4.17. The van der Waals surface area contributed by atoms with E-state index in [0.29, 0.717) is 27.0 Å². The number of carbonyl (C=O) groups is 2. The third-order valence-corrected chi connectivity index (χ3v) is 6.76. The molecule has 2 amide bonds. The van der Waals surface area contributed by atoms with Gasteiger partial charge in [-0.2, -0.15) is 0 Å². The van der Waals surface area contributed by atoms with Crippen LogP contribution in [-0.2, 0) is 16.2 Å². The third-order valence-electron chi connectivity index (χ3n) is 6.02. The maximum absolute atomic E-state index is 13.4. The molecule has 9 heteroatoms. The highest BCUT2D eigenvalue weighted by Crippen LogP contribution is 2.25. The fourth-order valence-corrected chi connectivity index (χ4v) is 4.49. The molecular formula is C28H22Cl2N4O3. The Morgan fingerprint density at radius 1 is 1.00 bits per heavy atom. The molecule has 1 atom stereocenters. The normalized spacial score (nSPS) is 16.2. The van der Waals surface area contributed by atoms with Gasteiger partial charge < -0.3 is 15.1 Å². The number of halogens is 2. The van der Waals surface area contributed by atoms with Crippen molar-refractivity contribution in [2.24, 2.45) is 5.16 Å². The number of aromatic nitrogens is 1. The van der Waals surface area contributed by atoms with Gasteiger partial charge >= 0.3 is 0 Å². The van der Waals surface area contributed by atoms with E-state index in [2.05, 4.69) is 15.5 Å². The summed E-state index contributed by atoms with van der Waals surface area (Å²) in [5.74, 6) is -0.555. The first-order chi connectivity index (χ1) is 18.0. The smallest absolute Gasteiger partial charge is 0.254 e. The zero-order chi connectivity index (χ0) is 25.8. The highest BCUT2D eigenvalue weighted by atomic mass is 35.5. The number of nitrogens with one attached hydrogen (secondary N) is 1. The van der Waals surface area contributed by atoms with Crippen LogP contribution in [0.25, 0.3) is 10.9 Å². The quantitative estimate of drug-likeness (QED) is 0.310. The molecule has 3 aromatic carbocycles. The molecule has 0 radical (unpaired) electrons. The standard InChI is InChI=1S/C28H22Cl2N4O3/c29-23-10-8-18(13-24(23)30)17-37-33-22-15-26(34(16-22)28(36)19-5-2-1-3-6-19)27(35)32-21-9-11-25-20(14-21)7-4-12-31-25/h1-14,26H,15-17H2,(H,32,35)/b33-22+. The van der Waals surface area contributed by atoms with Crippen molar-refractivity contribution in [2.75, 3.05) is 11.9 Å². The molecule has 7 nitrogen and oxygen atoms in total. The summed E-state index contributed by atoms with van der Waals surface area (Å²) >= 11 is 12.0. The minimum atomic E-state index is -0.746. The number of rotatable bonds is 6. The lowest BCUT2D eigenvalue weighted by molar-refractivity contribution is -0.119. The Morgan fingerprint density at radius 2 is 1.84 bits per heavy atom. The molecule has 0 aliphatic carbocycles. The van der Waals surface area contributed by atoms with Crippen molar-refractivity contribution in [2.45, 2.75) is 19.1 Å². The van der Waals surface area contributed by atoms with Gasteiger partial charge in [-0.05, 0) is 54.1 Å². The lowest BCUT2D eigenvalue weighted by Gasteiger charge is -2.23. The maximum atomic E-state index is 13.4. The van der Waals surface area contributed by atoms with E-state index < -0.39 is 6.04 Å². The molecule has 1 aliphatic heterocycles. The molecular weight excluding hydrogens is 511 g/mol. The molecule has 0 spiro atoms. The number of benzene rings is 3.